The third-order valence-electron chi connectivity index (χ3n) is 2.53. The van der Waals surface area contributed by atoms with Crippen molar-refractivity contribution < 1.29 is 18.4 Å². The molecule has 0 heterocycles. The molecule has 0 spiro atoms. The van der Waals surface area contributed by atoms with Gasteiger partial charge in [0.2, 0.25) is 1.66 Å². The number of hydrogen-bond donors (Lipinski definition) is 1. The van der Waals surface area contributed by atoms with Gasteiger partial charge in [-0.2, -0.15) is 0 Å². The number of halogens is 2. The molecule has 0 saturated heterocycles. The molecule has 106 valence electrons. The molecular formula is C10H11BrINO5S. The molecule has 0 fully saturated rings. The van der Waals surface area contributed by atoms with Crippen LogP contribution >= 0.6 is 38.5 Å². The van der Waals surface area contributed by atoms with E-state index in [0.29, 0.717) is 0 Å². The lowest BCUT2D eigenvalue weighted by Crippen LogP contribution is -2.33. The van der Waals surface area contributed by atoms with Crippen molar-refractivity contribution in [1.82, 2.24) is 0 Å². The fourth-order valence-corrected chi connectivity index (χ4v) is 4.44. The summed E-state index contributed by atoms with van der Waals surface area (Å²) >= 11 is 4.64. The smallest absolute Gasteiger partial charge is 0.269 e. The van der Waals surface area contributed by atoms with Crippen LogP contribution in [-0.4, -0.2) is 25.9 Å². The summed E-state index contributed by atoms with van der Waals surface area (Å²) in [5.41, 5.74) is 0.164. The van der Waals surface area contributed by atoms with Gasteiger partial charge in [0, 0.05) is 17.9 Å². The lowest BCUT2D eigenvalue weighted by atomic mass is 10.1. The summed E-state index contributed by atoms with van der Waals surface area (Å²) in [6.45, 7) is 1.48. The van der Waals surface area contributed by atoms with Crippen LogP contribution in [0.2, 0.25) is 0 Å². The molecule has 0 amide bonds. The minimum Gasteiger partial charge on any atom is -0.385 e. The van der Waals surface area contributed by atoms with Gasteiger partial charge in [-0.05, 0) is 40.3 Å². The minimum absolute atomic E-state index is 0.122. The normalized spacial score (nSPS) is 16.6. The van der Waals surface area contributed by atoms with Crippen LogP contribution in [0.3, 0.4) is 0 Å². The maximum absolute atomic E-state index is 11.9. The van der Waals surface area contributed by atoms with Gasteiger partial charge < -0.3 is 5.11 Å². The van der Waals surface area contributed by atoms with E-state index in [-0.39, 0.29) is 17.0 Å². The van der Waals surface area contributed by atoms with Crippen molar-refractivity contribution >= 4 is 54.0 Å². The molecule has 2 atom stereocenters. The van der Waals surface area contributed by atoms with E-state index in [4.69, 9.17) is 0 Å². The van der Waals surface area contributed by atoms with E-state index in [1.165, 1.54) is 31.2 Å². The predicted molar refractivity (Wildman–Crippen MR) is 83.2 cm³/mol. The summed E-state index contributed by atoms with van der Waals surface area (Å²) in [7, 11) is -3.55. The molecule has 1 aromatic carbocycles. The second kappa shape index (κ2) is 6.02. The van der Waals surface area contributed by atoms with Gasteiger partial charge in [0.05, 0.1) is 4.92 Å². The Morgan fingerprint density at radius 3 is 2.32 bits per heavy atom. The van der Waals surface area contributed by atoms with E-state index in [0.717, 1.165) is 0 Å². The monoisotopic (exact) mass is 463 g/mol. The number of rotatable bonds is 5. The van der Waals surface area contributed by atoms with Gasteiger partial charge >= 0.3 is 0 Å². The zero-order valence-electron chi connectivity index (χ0n) is 9.79. The van der Waals surface area contributed by atoms with Crippen molar-refractivity contribution in [3.05, 3.63) is 39.9 Å². The SMILES string of the molecule is CCS(=O)(=O)[C@](Br)(I)[C@H](O)c1ccc([N+](=O)[O-])cc1. The molecule has 1 N–H and O–H groups in total. The van der Waals surface area contributed by atoms with E-state index >= 15 is 0 Å². The molecule has 9 heteroatoms. The molecule has 1 aromatic rings. The zero-order chi connectivity index (χ0) is 14.8. The van der Waals surface area contributed by atoms with Crippen molar-refractivity contribution in [1.29, 1.82) is 0 Å². The first kappa shape index (κ1) is 16.8. The van der Waals surface area contributed by atoms with Gasteiger partial charge in [-0.25, -0.2) is 8.42 Å². The average Bonchev–Trinajstić information content (AvgIpc) is 2.37. The zero-order valence-corrected chi connectivity index (χ0v) is 14.3. The highest BCUT2D eigenvalue weighted by Gasteiger charge is 2.45. The first-order chi connectivity index (χ1) is 8.63. The number of aliphatic hydroxyl groups excluding tert-OH is 1. The predicted octanol–water partition coefficient (Wildman–Crippen LogP) is 2.55. The second-order valence-electron chi connectivity index (χ2n) is 3.72. The summed E-state index contributed by atoms with van der Waals surface area (Å²) < 4.78 is 22.2. The molecule has 0 aliphatic carbocycles. The fourth-order valence-electron chi connectivity index (χ4n) is 1.33. The Kier molecular flexibility index (Phi) is 5.32. The van der Waals surface area contributed by atoms with Gasteiger partial charge in [-0.15, -0.1) is 0 Å². The maximum Gasteiger partial charge on any atom is 0.269 e. The summed E-state index contributed by atoms with van der Waals surface area (Å²) in [6.07, 6.45) is -1.33. The topological polar surface area (TPSA) is 97.5 Å². The van der Waals surface area contributed by atoms with Crippen LogP contribution < -0.4 is 0 Å². The summed E-state index contributed by atoms with van der Waals surface area (Å²) in [5.74, 6) is -0.134. The molecule has 0 radical (unpaired) electrons. The summed E-state index contributed by atoms with van der Waals surface area (Å²) in [4.78, 5) is 9.96. The first-order valence-corrected chi connectivity index (χ1v) is 8.68. The number of nitrogens with zero attached hydrogens (tertiary/aromatic N) is 1. The van der Waals surface area contributed by atoms with Crippen LogP contribution in [0.15, 0.2) is 24.3 Å². The quantitative estimate of drug-likeness (QED) is 0.313. The Bertz CT molecular complexity index is 572. The van der Waals surface area contributed by atoms with Crippen LogP contribution in [0.5, 0.6) is 0 Å². The number of benzene rings is 1. The number of aliphatic hydroxyl groups is 1. The summed E-state index contributed by atoms with van der Waals surface area (Å²) in [5, 5.41) is 20.7. The number of non-ortho nitro benzene ring substituents is 1. The Labute approximate surface area is 132 Å². The standard InChI is InChI=1S/C10H11BrINO5S/c1-2-19(17,18)10(11,12)9(14)7-3-5-8(6-4-7)13(15)16/h3-6,9,14H,2H2,1H3/t9-,10-/m1/s1. The van der Waals surface area contributed by atoms with Crippen molar-refractivity contribution in [3.8, 4) is 0 Å². The second-order valence-corrected chi connectivity index (χ2v) is 11.9. The molecule has 0 saturated carbocycles. The van der Waals surface area contributed by atoms with Crippen molar-refractivity contribution in [2.45, 2.75) is 14.7 Å². The van der Waals surface area contributed by atoms with Crippen LogP contribution in [0, 0.1) is 10.1 Å². The third-order valence-corrected chi connectivity index (χ3v) is 8.86. The highest BCUT2D eigenvalue weighted by Crippen LogP contribution is 2.45. The number of hydrogen-bond acceptors (Lipinski definition) is 5. The van der Waals surface area contributed by atoms with Crippen LogP contribution in [0.1, 0.15) is 18.6 Å². The number of nitro benzene ring substituents is 1. The van der Waals surface area contributed by atoms with Crippen molar-refractivity contribution in [3.63, 3.8) is 0 Å². The molecule has 0 aromatic heterocycles. The first-order valence-electron chi connectivity index (χ1n) is 5.16. The average molecular weight is 464 g/mol. The molecule has 0 bridgehead atoms. The highest BCUT2D eigenvalue weighted by atomic mass is 127. The van der Waals surface area contributed by atoms with Gasteiger partial charge in [0.25, 0.3) is 5.69 Å². The molecule has 0 aliphatic rings. The number of alkyl halides is 2. The molecule has 1 rings (SSSR count). The maximum atomic E-state index is 11.9. The Balaban J connectivity index is 3.13. The fraction of sp³-hybridized carbons (Fsp3) is 0.400. The Hall–Kier alpha value is -0.260. The van der Waals surface area contributed by atoms with Crippen LogP contribution in [0.4, 0.5) is 5.69 Å². The lowest BCUT2D eigenvalue weighted by molar-refractivity contribution is -0.384. The van der Waals surface area contributed by atoms with E-state index < -0.39 is 22.5 Å². The van der Waals surface area contributed by atoms with E-state index in [1.807, 2.05) is 0 Å². The van der Waals surface area contributed by atoms with E-state index in [2.05, 4.69) is 15.9 Å². The Morgan fingerprint density at radius 1 is 1.47 bits per heavy atom. The molecule has 0 aliphatic heterocycles. The largest absolute Gasteiger partial charge is 0.385 e. The van der Waals surface area contributed by atoms with Crippen molar-refractivity contribution in [2.24, 2.45) is 0 Å². The van der Waals surface area contributed by atoms with E-state index in [1.54, 1.807) is 22.6 Å². The number of sulfone groups is 1. The molecule has 0 unspecified atom stereocenters. The third kappa shape index (κ3) is 3.44. The Morgan fingerprint density at radius 2 is 1.95 bits per heavy atom. The van der Waals surface area contributed by atoms with Gasteiger partial charge in [-0.1, -0.05) is 22.9 Å². The number of nitro groups is 1. The van der Waals surface area contributed by atoms with Crippen LogP contribution in [-0.2, 0) is 9.84 Å². The van der Waals surface area contributed by atoms with Gasteiger partial charge in [0.1, 0.15) is 6.10 Å². The minimum atomic E-state index is -3.55. The molecule has 19 heavy (non-hydrogen) atoms. The van der Waals surface area contributed by atoms with Gasteiger partial charge in [-0.3, -0.25) is 10.1 Å². The highest BCUT2D eigenvalue weighted by molar-refractivity contribution is 14.1. The molecular weight excluding hydrogens is 453 g/mol. The molecule has 6 nitrogen and oxygen atoms in total. The lowest BCUT2D eigenvalue weighted by Gasteiger charge is -2.26. The van der Waals surface area contributed by atoms with Crippen LogP contribution in [0.25, 0.3) is 0 Å². The van der Waals surface area contributed by atoms with Gasteiger partial charge in [0.15, 0.2) is 9.84 Å². The van der Waals surface area contributed by atoms with Crippen molar-refractivity contribution in [2.75, 3.05) is 5.75 Å². The van der Waals surface area contributed by atoms with E-state index in [9.17, 15) is 23.6 Å². The summed E-state index contributed by atoms with van der Waals surface area (Å²) in [6, 6.07) is 5.11.